The zero-order chi connectivity index (χ0) is 19.3. The van der Waals surface area contributed by atoms with Crippen LogP contribution in [0, 0.1) is 6.92 Å². The Morgan fingerprint density at radius 3 is 2.65 bits per heavy atom. The van der Waals surface area contributed by atoms with Gasteiger partial charge in [0, 0.05) is 30.0 Å². The molecule has 0 saturated heterocycles. The van der Waals surface area contributed by atoms with E-state index in [1.165, 1.54) is 11.1 Å². The van der Waals surface area contributed by atoms with Gasteiger partial charge in [-0.2, -0.15) is 0 Å². The van der Waals surface area contributed by atoms with Gasteiger partial charge in [0.15, 0.2) is 11.8 Å². The van der Waals surface area contributed by atoms with E-state index in [1.54, 1.807) is 0 Å². The predicted molar refractivity (Wildman–Crippen MR) is 106 cm³/mol. The number of pyridine rings is 2. The topological polar surface area (TPSA) is 29.9 Å². The minimum absolute atomic E-state index is 0.601. The molecule has 4 rings (SSSR count). The number of furan rings is 1. The summed E-state index contributed by atoms with van der Waals surface area (Å²) in [6, 6.07) is 12.6. The van der Waals surface area contributed by atoms with Gasteiger partial charge in [-0.05, 0) is 42.5 Å². The maximum atomic E-state index is 8.26. The van der Waals surface area contributed by atoms with Gasteiger partial charge in [-0.3, -0.25) is 0 Å². The highest BCUT2D eigenvalue weighted by molar-refractivity contribution is 6.08. The summed E-state index contributed by atoms with van der Waals surface area (Å²) < 4.78 is 16.7. The summed E-state index contributed by atoms with van der Waals surface area (Å²) in [5.41, 5.74) is 6.89. The SMILES string of the molecule is [2H]C(C)(C)c1ccc2c(n1)oc1c(-c3cc(CC)cc[n+]3C)c(C)ccc12. The third kappa shape index (κ3) is 2.59. The number of nitrogens with zero attached hydrogens (tertiary/aromatic N) is 2. The second-order valence-corrected chi connectivity index (χ2v) is 7.17. The minimum Gasteiger partial charge on any atom is -0.437 e. The molecule has 0 bridgehead atoms. The number of aryl methyl sites for hydroxylation is 3. The summed E-state index contributed by atoms with van der Waals surface area (Å²) in [5.74, 6) is -0.756. The van der Waals surface area contributed by atoms with Gasteiger partial charge in [-0.25, -0.2) is 9.55 Å². The quantitative estimate of drug-likeness (QED) is 0.461. The Morgan fingerprint density at radius 1 is 1.15 bits per heavy atom. The van der Waals surface area contributed by atoms with Crippen LogP contribution in [0.25, 0.3) is 33.3 Å². The lowest BCUT2D eigenvalue weighted by Crippen LogP contribution is -2.30. The Balaban J connectivity index is 2.05. The number of benzene rings is 1. The summed E-state index contributed by atoms with van der Waals surface area (Å²) in [7, 11) is 2.06. The Bertz CT molecular complexity index is 1170. The Hall–Kier alpha value is -2.68. The predicted octanol–water partition coefficient (Wildman–Crippen LogP) is 5.47. The van der Waals surface area contributed by atoms with Crippen LogP contribution in [-0.4, -0.2) is 4.98 Å². The molecule has 0 N–H and O–H groups in total. The van der Waals surface area contributed by atoms with Gasteiger partial charge in [-0.1, -0.05) is 32.9 Å². The average Bonchev–Trinajstić information content (AvgIpc) is 2.99. The molecule has 4 aromatic rings. The van der Waals surface area contributed by atoms with E-state index in [4.69, 9.17) is 5.79 Å². The summed E-state index contributed by atoms with van der Waals surface area (Å²) in [6.45, 7) is 7.97. The van der Waals surface area contributed by atoms with Crippen molar-refractivity contribution in [3.63, 3.8) is 0 Å². The molecule has 0 spiro atoms. The third-order valence-corrected chi connectivity index (χ3v) is 5.11. The van der Waals surface area contributed by atoms with Crippen LogP contribution in [0.15, 0.2) is 47.0 Å². The molecule has 26 heavy (non-hydrogen) atoms. The van der Waals surface area contributed by atoms with E-state index in [9.17, 15) is 0 Å². The molecule has 132 valence electrons. The molecule has 0 unspecified atom stereocenters. The molecule has 0 radical (unpaired) electrons. The average molecular weight is 346 g/mol. The smallest absolute Gasteiger partial charge is 0.227 e. The Labute approximate surface area is 155 Å². The standard InChI is InChI=1S/C23H25N2O/c1-6-16-11-12-25(5)20(13-16)21-15(4)7-8-17-18-9-10-19(14(2)3)24-23(18)26-22(17)21/h7-14H,6H2,1-5H3/q+1/i14D. The van der Waals surface area contributed by atoms with Crippen LogP contribution in [-0.2, 0) is 13.5 Å². The lowest BCUT2D eigenvalue weighted by molar-refractivity contribution is -0.660. The molecule has 0 aliphatic carbocycles. The van der Waals surface area contributed by atoms with Crippen LogP contribution in [0.2, 0.25) is 0 Å². The van der Waals surface area contributed by atoms with Gasteiger partial charge in [0.2, 0.25) is 11.4 Å². The van der Waals surface area contributed by atoms with E-state index in [-0.39, 0.29) is 0 Å². The van der Waals surface area contributed by atoms with Crippen LogP contribution in [0.5, 0.6) is 0 Å². The monoisotopic (exact) mass is 346 g/mol. The summed E-state index contributed by atoms with van der Waals surface area (Å²) in [5, 5.41) is 2.06. The molecule has 1 aromatic carbocycles. The molecule has 3 nitrogen and oxygen atoms in total. The van der Waals surface area contributed by atoms with Crippen molar-refractivity contribution in [2.24, 2.45) is 7.05 Å². The first kappa shape index (κ1) is 15.6. The third-order valence-electron chi connectivity index (χ3n) is 5.11. The molecule has 3 heteroatoms. The molecule has 0 amide bonds. The highest BCUT2D eigenvalue weighted by Crippen LogP contribution is 2.36. The van der Waals surface area contributed by atoms with Gasteiger partial charge in [-0.15, -0.1) is 0 Å². The van der Waals surface area contributed by atoms with Gasteiger partial charge in [0.1, 0.15) is 7.05 Å². The first-order valence-electron chi connectivity index (χ1n) is 9.62. The van der Waals surface area contributed by atoms with E-state index in [0.29, 0.717) is 11.4 Å². The van der Waals surface area contributed by atoms with Crippen LogP contribution >= 0.6 is 0 Å². The lowest BCUT2D eigenvalue weighted by atomic mass is 9.99. The van der Waals surface area contributed by atoms with E-state index in [2.05, 4.69) is 60.9 Å². The van der Waals surface area contributed by atoms with E-state index >= 15 is 0 Å². The molecular formula is C23H25N2O+. The maximum Gasteiger partial charge on any atom is 0.227 e. The number of rotatable bonds is 3. The van der Waals surface area contributed by atoms with Crippen molar-refractivity contribution in [2.45, 2.75) is 40.0 Å². The molecule has 3 heterocycles. The Kier molecular flexibility index (Phi) is 3.74. The van der Waals surface area contributed by atoms with E-state index in [1.807, 2.05) is 26.0 Å². The first-order valence-corrected chi connectivity index (χ1v) is 9.12. The van der Waals surface area contributed by atoms with Crippen LogP contribution < -0.4 is 4.57 Å². The number of hydrogen-bond donors (Lipinski definition) is 0. The van der Waals surface area contributed by atoms with Gasteiger partial charge >= 0.3 is 0 Å². The molecule has 0 aliphatic rings. The summed E-state index contributed by atoms with van der Waals surface area (Å²) in [4.78, 5) is 4.64. The molecule has 0 saturated carbocycles. The fraction of sp³-hybridized carbons (Fsp3) is 0.304. The van der Waals surface area contributed by atoms with Crippen molar-refractivity contribution in [2.75, 3.05) is 0 Å². The van der Waals surface area contributed by atoms with Crippen molar-refractivity contribution in [3.8, 4) is 11.3 Å². The summed E-state index contributed by atoms with van der Waals surface area (Å²) >= 11 is 0. The zero-order valence-electron chi connectivity index (χ0n) is 17.1. The first-order chi connectivity index (χ1) is 12.8. The van der Waals surface area contributed by atoms with Crippen LogP contribution in [0.1, 0.15) is 44.9 Å². The van der Waals surface area contributed by atoms with Crippen LogP contribution in [0.3, 0.4) is 0 Å². The maximum absolute atomic E-state index is 8.26. The molecule has 3 aromatic heterocycles. The summed E-state index contributed by atoms with van der Waals surface area (Å²) in [6.07, 6.45) is 3.10. The molecule has 0 atom stereocenters. The van der Waals surface area contributed by atoms with Gasteiger partial charge < -0.3 is 4.42 Å². The zero-order valence-corrected chi connectivity index (χ0v) is 16.1. The second-order valence-electron chi connectivity index (χ2n) is 7.17. The van der Waals surface area contributed by atoms with E-state index in [0.717, 1.165) is 34.0 Å². The number of fused-ring (bicyclic) bond motifs is 3. The highest BCUT2D eigenvalue weighted by Gasteiger charge is 2.21. The highest BCUT2D eigenvalue weighted by atomic mass is 16.3. The van der Waals surface area contributed by atoms with Gasteiger partial charge in [0.25, 0.3) is 0 Å². The molecule has 0 aliphatic heterocycles. The molecular weight excluding hydrogens is 320 g/mol. The van der Waals surface area contributed by atoms with Crippen molar-refractivity contribution >= 4 is 22.1 Å². The second kappa shape index (κ2) is 6.24. The van der Waals surface area contributed by atoms with Crippen molar-refractivity contribution < 1.29 is 10.4 Å². The van der Waals surface area contributed by atoms with Crippen LogP contribution in [0.4, 0.5) is 0 Å². The largest absolute Gasteiger partial charge is 0.437 e. The fourth-order valence-corrected chi connectivity index (χ4v) is 3.50. The van der Waals surface area contributed by atoms with Crippen molar-refractivity contribution in [1.82, 2.24) is 4.98 Å². The van der Waals surface area contributed by atoms with Crippen molar-refractivity contribution in [1.29, 1.82) is 0 Å². The normalized spacial score (nSPS) is 12.7. The number of hydrogen-bond acceptors (Lipinski definition) is 2. The van der Waals surface area contributed by atoms with E-state index < -0.39 is 5.89 Å². The minimum atomic E-state index is -0.756. The molecule has 0 fully saturated rings. The van der Waals surface area contributed by atoms with Gasteiger partial charge in [0.05, 0.1) is 5.56 Å². The fourth-order valence-electron chi connectivity index (χ4n) is 3.50. The van der Waals surface area contributed by atoms with Crippen molar-refractivity contribution in [3.05, 3.63) is 59.4 Å². The number of aromatic nitrogens is 2. The Morgan fingerprint density at radius 2 is 1.92 bits per heavy atom. The lowest BCUT2D eigenvalue weighted by Gasteiger charge is -2.06.